The van der Waals surface area contributed by atoms with E-state index >= 15 is 0 Å². The number of piperazine rings is 1. The summed E-state index contributed by atoms with van der Waals surface area (Å²) in [6, 6.07) is 11.5. The molecule has 0 saturated carbocycles. The van der Waals surface area contributed by atoms with Gasteiger partial charge in [-0.05, 0) is 43.7 Å². The summed E-state index contributed by atoms with van der Waals surface area (Å²) in [6.45, 7) is 6.32. The van der Waals surface area contributed by atoms with Gasteiger partial charge >= 0.3 is 0 Å². The van der Waals surface area contributed by atoms with Crippen molar-refractivity contribution in [3.05, 3.63) is 83.0 Å². The number of rotatable bonds is 5. The van der Waals surface area contributed by atoms with Crippen LogP contribution in [0.1, 0.15) is 21.6 Å². The number of benzene rings is 1. The summed E-state index contributed by atoms with van der Waals surface area (Å²) < 4.78 is 5.64. The molecule has 4 heterocycles. The van der Waals surface area contributed by atoms with Crippen LogP contribution in [-0.2, 0) is 0 Å². The Hall–Kier alpha value is -4.04. The Bertz CT molecular complexity index is 1450. The smallest absolute Gasteiger partial charge is 0.272 e. The molecule has 9 heteroatoms. The minimum absolute atomic E-state index is 0.0463. The molecular weight excluding hydrogens is 488 g/mol. The summed E-state index contributed by atoms with van der Waals surface area (Å²) in [5.41, 5.74) is 5.36. The number of pyridine rings is 2. The van der Waals surface area contributed by atoms with E-state index in [2.05, 4.69) is 14.9 Å². The van der Waals surface area contributed by atoms with Gasteiger partial charge in [0.2, 0.25) is 0 Å². The standard InChI is InChI=1S/C28H27ClN6O2/c1-18-6-7-23(37-3)21(15-18)26-27(20-8-10-30-16-22(20)29)33-24(17-32-26)34-11-13-35(14-12-34)28(36)25-19(2)5-4-9-31-25/h4-10,15-17H,11-14H2,1-3H3. The first-order chi connectivity index (χ1) is 18.0. The summed E-state index contributed by atoms with van der Waals surface area (Å²) in [7, 11) is 1.64. The molecule has 4 aromatic rings. The lowest BCUT2D eigenvalue weighted by Crippen LogP contribution is -2.49. The lowest BCUT2D eigenvalue weighted by atomic mass is 10.0. The fourth-order valence-corrected chi connectivity index (χ4v) is 4.70. The number of carbonyl (C=O) groups is 1. The summed E-state index contributed by atoms with van der Waals surface area (Å²) in [6.07, 6.45) is 6.72. The van der Waals surface area contributed by atoms with Gasteiger partial charge in [0.05, 0.1) is 18.3 Å². The molecule has 37 heavy (non-hydrogen) atoms. The molecule has 8 nitrogen and oxygen atoms in total. The third-order valence-electron chi connectivity index (χ3n) is 6.50. The normalized spacial score (nSPS) is 13.5. The first-order valence-electron chi connectivity index (χ1n) is 12.0. The third kappa shape index (κ3) is 4.97. The van der Waals surface area contributed by atoms with Crippen molar-refractivity contribution in [3.8, 4) is 28.3 Å². The van der Waals surface area contributed by atoms with E-state index in [0.29, 0.717) is 54.0 Å². The van der Waals surface area contributed by atoms with Crippen molar-refractivity contribution in [2.75, 3.05) is 38.2 Å². The number of ether oxygens (including phenoxy) is 1. The third-order valence-corrected chi connectivity index (χ3v) is 6.80. The average molecular weight is 515 g/mol. The van der Waals surface area contributed by atoms with Crippen LogP contribution in [0, 0.1) is 13.8 Å². The average Bonchev–Trinajstić information content (AvgIpc) is 2.93. The van der Waals surface area contributed by atoms with E-state index in [-0.39, 0.29) is 5.91 Å². The Kier molecular flexibility index (Phi) is 7.01. The number of methoxy groups -OCH3 is 1. The molecule has 1 aromatic carbocycles. The monoisotopic (exact) mass is 514 g/mol. The number of aryl methyl sites for hydroxylation is 2. The molecule has 0 atom stereocenters. The van der Waals surface area contributed by atoms with Crippen molar-refractivity contribution >= 4 is 23.3 Å². The minimum atomic E-state index is -0.0463. The molecular formula is C28H27ClN6O2. The van der Waals surface area contributed by atoms with Crippen LogP contribution in [0.2, 0.25) is 5.02 Å². The van der Waals surface area contributed by atoms with Gasteiger partial charge in [-0.25, -0.2) is 9.97 Å². The molecule has 0 aliphatic carbocycles. The molecule has 1 saturated heterocycles. The largest absolute Gasteiger partial charge is 0.496 e. The number of nitrogens with zero attached hydrogens (tertiary/aromatic N) is 6. The van der Waals surface area contributed by atoms with Crippen molar-refractivity contribution in [1.29, 1.82) is 0 Å². The number of carbonyl (C=O) groups excluding carboxylic acids is 1. The summed E-state index contributed by atoms with van der Waals surface area (Å²) >= 11 is 6.56. The highest BCUT2D eigenvalue weighted by Crippen LogP contribution is 2.38. The molecule has 0 N–H and O–H groups in total. The van der Waals surface area contributed by atoms with Gasteiger partial charge in [0, 0.05) is 55.9 Å². The van der Waals surface area contributed by atoms with Crippen molar-refractivity contribution < 1.29 is 9.53 Å². The molecule has 1 aliphatic heterocycles. The number of aromatic nitrogens is 4. The van der Waals surface area contributed by atoms with E-state index in [1.165, 1.54) is 0 Å². The van der Waals surface area contributed by atoms with Crippen LogP contribution in [0.3, 0.4) is 0 Å². The number of halogens is 1. The van der Waals surface area contributed by atoms with Gasteiger partial charge in [-0.1, -0.05) is 29.3 Å². The molecule has 0 bridgehead atoms. The Balaban J connectivity index is 1.47. The molecule has 1 aliphatic rings. The summed E-state index contributed by atoms with van der Waals surface area (Å²) in [4.78, 5) is 35.3. The maximum atomic E-state index is 13.0. The molecule has 1 fully saturated rings. The lowest BCUT2D eigenvalue weighted by Gasteiger charge is -2.35. The fourth-order valence-electron chi connectivity index (χ4n) is 4.49. The minimum Gasteiger partial charge on any atom is -0.496 e. The predicted octanol–water partition coefficient (Wildman–Crippen LogP) is 4.84. The van der Waals surface area contributed by atoms with Crippen LogP contribution in [0.15, 0.2) is 61.2 Å². The van der Waals surface area contributed by atoms with Crippen molar-refractivity contribution in [2.24, 2.45) is 0 Å². The topological polar surface area (TPSA) is 84.3 Å². The fraction of sp³-hybridized carbons (Fsp3) is 0.250. The van der Waals surface area contributed by atoms with Gasteiger partial charge < -0.3 is 14.5 Å². The molecule has 3 aromatic heterocycles. The quantitative estimate of drug-likeness (QED) is 0.376. The maximum Gasteiger partial charge on any atom is 0.272 e. The van der Waals surface area contributed by atoms with E-state index < -0.39 is 0 Å². The van der Waals surface area contributed by atoms with Crippen LogP contribution in [0.5, 0.6) is 5.75 Å². The van der Waals surface area contributed by atoms with Gasteiger partial charge in [0.15, 0.2) is 0 Å². The maximum absolute atomic E-state index is 13.0. The highest BCUT2D eigenvalue weighted by atomic mass is 35.5. The molecule has 1 amide bonds. The Morgan fingerprint density at radius 2 is 1.76 bits per heavy atom. The zero-order valence-electron chi connectivity index (χ0n) is 21.0. The van der Waals surface area contributed by atoms with E-state index in [0.717, 1.165) is 28.1 Å². The number of hydrogen-bond donors (Lipinski definition) is 0. The zero-order chi connectivity index (χ0) is 25.9. The van der Waals surface area contributed by atoms with E-state index in [1.54, 1.807) is 31.9 Å². The Labute approximate surface area is 220 Å². The second-order valence-corrected chi connectivity index (χ2v) is 9.34. The van der Waals surface area contributed by atoms with Crippen LogP contribution in [0.25, 0.3) is 22.5 Å². The second-order valence-electron chi connectivity index (χ2n) is 8.93. The van der Waals surface area contributed by atoms with Crippen LogP contribution < -0.4 is 9.64 Å². The van der Waals surface area contributed by atoms with Gasteiger partial charge in [-0.15, -0.1) is 0 Å². The lowest BCUT2D eigenvalue weighted by molar-refractivity contribution is 0.0740. The molecule has 5 rings (SSSR count). The van der Waals surface area contributed by atoms with Gasteiger partial charge in [-0.2, -0.15) is 0 Å². The van der Waals surface area contributed by atoms with Crippen LogP contribution in [0.4, 0.5) is 5.82 Å². The number of anilines is 1. The van der Waals surface area contributed by atoms with E-state index in [9.17, 15) is 4.79 Å². The first-order valence-corrected chi connectivity index (χ1v) is 12.4. The molecule has 0 spiro atoms. The van der Waals surface area contributed by atoms with Gasteiger partial charge in [-0.3, -0.25) is 14.8 Å². The first kappa shape index (κ1) is 24.6. The predicted molar refractivity (Wildman–Crippen MR) is 144 cm³/mol. The van der Waals surface area contributed by atoms with Gasteiger partial charge in [0.25, 0.3) is 5.91 Å². The van der Waals surface area contributed by atoms with Gasteiger partial charge in [0.1, 0.15) is 28.6 Å². The van der Waals surface area contributed by atoms with Crippen molar-refractivity contribution in [1.82, 2.24) is 24.8 Å². The molecule has 0 unspecified atom stereocenters. The van der Waals surface area contributed by atoms with E-state index in [1.807, 2.05) is 55.1 Å². The SMILES string of the molecule is COc1ccc(C)cc1-c1ncc(N2CCN(C(=O)c3ncccc3C)CC2)nc1-c1ccncc1Cl. The van der Waals surface area contributed by atoms with E-state index in [4.69, 9.17) is 26.3 Å². The summed E-state index contributed by atoms with van der Waals surface area (Å²) in [5, 5.41) is 0.489. The summed E-state index contributed by atoms with van der Waals surface area (Å²) in [5.74, 6) is 1.38. The molecule has 188 valence electrons. The second kappa shape index (κ2) is 10.5. The highest BCUT2D eigenvalue weighted by Gasteiger charge is 2.26. The van der Waals surface area contributed by atoms with Crippen LogP contribution >= 0.6 is 11.6 Å². The Morgan fingerprint density at radius 3 is 2.49 bits per heavy atom. The van der Waals surface area contributed by atoms with Crippen molar-refractivity contribution in [2.45, 2.75) is 13.8 Å². The van der Waals surface area contributed by atoms with Crippen LogP contribution in [-0.4, -0.2) is 64.0 Å². The zero-order valence-corrected chi connectivity index (χ0v) is 21.7. The number of hydrogen-bond acceptors (Lipinski definition) is 7. The van der Waals surface area contributed by atoms with Crippen molar-refractivity contribution in [3.63, 3.8) is 0 Å². The molecule has 0 radical (unpaired) electrons. The Morgan fingerprint density at radius 1 is 0.946 bits per heavy atom. The number of amides is 1. The highest BCUT2D eigenvalue weighted by molar-refractivity contribution is 6.33.